The smallest absolute Gasteiger partial charge is 0.377 e. The van der Waals surface area contributed by atoms with Crippen LogP contribution in [0.2, 0.25) is 0 Å². The van der Waals surface area contributed by atoms with Gasteiger partial charge in [0.15, 0.2) is 0 Å². The first kappa shape index (κ1) is 29.8. The summed E-state index contributed by atoms with van der Waals surface area (Å²) in [7, 11) is -4.27. The number of aromatic nitrogens is 2. The molecule has 0 saturated heterocycles. The summed E-state index contributed by atoms with van der Waals surface area (Å²) in [5, 5.41) is 1.02. The van der Waals surface area contributed by atoms with Crippen molar-refractivity contribution in [1.29, 1.82) is 0 Å². The van der Waals surface area contributed by atoms with Crippen LogP contribution in [-0.4, -0.2) is 24.1 Å². The molecule has 6 rings (SSSR count). The van der Waals surface area contributed by atoms with E-state index < -0.39 is 10.1 Å². The van der Waals surface area contributed by atoms with Gasteiger partial charge in [0.2, 0.25) is 5.58 Å². The molecule has 0 bridgehead atoms. The van der Waals surface area contributed by atoms with Gasteiger partial charge >= 0.3 is 5.89 Å². The lowest BCUT2D eigenvalue weighted by Gasteiger charge is -2.16. The molecule has 0 fully saturated rings. The number of anilines is 1. The molecule has 5 aromatic rings. The summed E-state index contributed by atoms with van der Waals surface area (Å²) in [5.41, 5.74) is 4.08. The van der Waals surface area contributed by atoms with Gasteiger partial charge in [-0.1, -0.05) is 53.7 Å². The maximum absolute atomic E-state index is 13.4. The lowest BCUT2D eigenvalue weighted by Crippen LogP contribution is -2.36. The van der Waals surface area contributed by atoms with Gasteiger partial charge in [-0.05, 0) is 58.0 Å². The SMILES string of the molecule is CCN1/C(=c2/s/c(=C/c3oc4ccccc4[n+]3CC)n(CC)c2=O)Sc2ccccc21.Cc1ccc(S(=O)(=O)[O-])cc1. The number of para-hydroxylation sites is 3. The van der Waals surface area contributed by atoms with Crippen LogP contribution in [-0.2, 0) is 23.2 Å². The van der Waals surface area contributed by atoms with Gasteiger partial charge in [-0.2, -0.15) is 4.57 Å². The van der Waals surface area contributed by atoms with Crippen LogP contribution in [0.25, 0.3) is 22.2 Å². The maximum atomic E-state index is 13.4. The van der Waals surface area contributed by atoms with Crippen molar-refractivity contribution in [2.75, 3.05) is 11.4 Å². The molecule has 3 aromatic carbocycles. The van der Waals surface area contributed by atoms with Crippen molar-refractivity contribution in [3.8, 4) is 0 Å². The largest absolute Gasteiger partial charge is 0.744 e. The van der Waals surface area contributed by atoms with E-state index in [9.17, 15) is 17.8 Å². The summed E-state index contributed by atoms with van der Waals surface area (Å²) in [6.45, 7) is 10.3. The molecule has 0 amide bonds. The van der Waals surface area contributed by atoms with Gasteiger partial charge in [0.05, 0.1) is 16.7 Å². The molecule has 0 N–H and O–H groups in total. The molecule has 0 radical (unpaired) electrons. The molecule has 2 aromatic heterocycles. The number of nitrogens with zero attached hydrogens (tertiary/aromatic N) is 3. The molecule has 1 aliphatic heterocycles. The Morgan fingerprint density at radius 1 is 0.952 bits per heavy atom. The molecule has 0 aliphatic carbocycles. The lowest BCUT2D eigenvalue weighted by atomic mass is 10.2. The molecule has 0 saturated carbocycles. The summed E-state index contributed by atoms with van der Waals surface area (Å²) in [4.78, 5) is 16.7. The summed E-state index contributed by atoms with van der Waals surface area (Å²) in [6.07, 6.45) is 2.01. The Hall–Kier alpha value is -3.64. The van der Waals surface area contributed by atoms with Crippen molar-refractivity contribution in [1.82, 2.24) is 4.57 Å². The van der Waals surface area contributed by atoms with Crippen molar-refractivity contribution in [3.05, 3.63) is 104 Å². The summed E-state index contributed by atoms with van der Waals surface area (Å²) < 4.78 is 43.0. The van der Waals surface area contributed by atoms with Gasteiger partial charge in [0.25, 0.3) is 11.1 Å². The van der Waals surface area contributed by atoms with E-state index >= 15 is 0 Å². The fourth-order valence-corrected chi connectivity index (χ4v) is 7.74. The van der Waals surface area contributed by atoms with E-state index in [1.165, 1.54) is 22.7 Å². The van der Waals surface area contributed by atoms with E-state index in [2.05, 4.69) is 41.5 Å². The number of rotatable bonds is 5. The Bertz CT molecular complexity index is 2040. The zero-order valence-electron chi connectivity index (χ0n) is 23.7. The number of benzene rings is 3. The van der Waals surface area contributed by atoms with Crippen LogP contribution in [0.5, 0.6) is 0 Å². The van der Waals surface area contributed by atoms with Gasteiger partial charge in [-0.25, -0.2) is 8.42 Å². The lowest BCUT2D eigenvalue weighted by molar-refractivity contribution is -0.674. The Morgan fingerprint density at radius 3 is 2.31 bits per heavy atom. The van der Waals surface area contributed by atoms with E-state index in [0.717, 1.165) is 49.9 Å². The number of thioether (sulfide) groups is 1. The Balaban J connectivity index is 0.000000271. The van der Waals surface area contributed by atoms with Crippen molar-refractivity contribution < 1.29 is 22.0 Å². The normalized spacial score (nSPS) is 14.7. The molecule has 218 valence electrons. The van der Waals surface area contributed by atoms with E-state index in [4.69, 9.17) is 4.42 Å². The minimum atomic E-state index is -4.27. The number of fused-ring (bicyclic) bond motifs is 2. The highest BCUT2D eigenvalue weighted by atomic mass is 32.2. The molecule has 42 heavy (non-hydrogen) atoms. The third-order valence-electron chi connectivity index (χ3n) is 6.86. The summed E-state index contributed by atoms with van der Waals surface area (Å²) in [6, 6.07) is 22.2. The average Bonchev–Trinajstić information content (AvgIpc) is 3.62. The number of thiazole rings is 1. The molecule has 0 unspecified atom stereocenters. The Labute approximate surface area is 252 Å². The molecule has 0 spiro atoms. The van der Waals surface area contributed by atoms with Crippen LogP contribution < -0.4 is 24.2 Å². The first-order chi connectivity index (χ1) is 20.2. The zero-order valence-corrected chi connectivity index (χ0v) is 26.2. The highest BCUT2D eigenvalue weighted by Gasteiger charge is 2.26. The van der Waals surface area contributed by atoms with Gasteiger partial charge in [-0.3, -0.25) is 9.36 Å². The van der Waals surface area contributed by atoms with Crippen molar-refractivity contribution in [2.45, 2.75) is 50.6 Å². The number of hydrogen-bond donors (Lipinski definition) is 0. The average molecular weight is 622 g/mol. The van der Waals surface area contributed by atoms with Gasteiger partial charge in [-0.15, -0.1) is 11.3 Å². The van der Waals surface area contributed by atoms with E-state index in [0.29, 0.717) is 6.54 Å². The van der Waals surface area contributed by atoms with Crippen LogP contribution in [0.4, 0.5) is 5.69 Å². The molecule has 8 nitrogen and oxygen atoms in total. The highest BCUT2D eigenvalue weighted by molar-refractivity contribution is 8.08. The second kappa shape index (κ2) is 12.3. The minimum Gasteiger partial charge on any atom is -0.744 e. The molecule has 11 heteroatoms. The quantitative estimate of drug-likeness (QED) is 0.212. The molecule has 0 atom stereocenters. The van der Waals surface area contributed by atoms with Crippen molar-refractivity contribution in [2.24, 2.45) is 0 Å². The highest BCUT2D eigenvalue weighted by Crippen LogP contribution is 2.45. The topological polar surface area (TPSA) is 99.5 Å². The second-order valence-electron chi connectivity index (χ2n) is 9.50. The molecule has 1 aliphatic rings. The van der Waals surface area contributed by atoms with Crippen LogP contribution in [0.3, 0.4) is 0 Å². The first-order valence-electron chi connectivity index (χ1n) is 13.6. The minimum absolute atomic E-state index is 0.0617. The molecule has 3 heterocycles. The van der Waals surface area contributed by atoms with Gasteiger partial charge in [0, 0.05) is 24.1 Å². The van der Waals surface area contributed by atoms with Gasteiger partial charge in [0.1, 0.15) is 30.9 Å². The first-order valence-corrected chi connectivity index (χ1v) is 16.6. The number of hydrogen-bond acceptors (Lipinski definition) is 8. The Morgan fingerprint density at radius 2 is 1.64 bits per heavy atom. The molecular weight excluding hydrogens is 591 g/mol. The van der Waals surface area contributed by atoms with Crippen LogP contribution in [0, 0.1) is 6.92 Å². The van der Waals surface area contributed by atoms with Gasteiger partial charge < -0.3 is 13.9 Å². The van der Waals surface area contributed by atoms with Crippen molar-refractivity contribution in [3.63, 3.8) is 0 Å². The zero-order chi connectivity index (χ0) is 30.0. The number of oxazole rings is 1. The standard InChI is InChI=1S/C24H24N3O2S2.C7H8O3S/c1-4-25-16-11-7-9-13-18(16)29-20(25)15-21-27(6-3)23(28)22(31-21)24-26(5-2)17-12-8-10-14-19(17)30-24;1-6-2-4-7(5-3-6)11(8,9)10/h7-15H,4-6H2,1-3H3;2-5H,1H3,(H,8,9,10)/q+1;/p-1/b24-22-;. The third-order valence-corrected chi connectivity index (χ3v) is 10.1. The summed E-state index contributed by atoms with van der Waals surface area (Å²) >= 11 is 3.23. The van der Waals surface area contributed by atoms with Crippen LogP contribution in [0.15, 0.2) is 91.8 Å². The summed E-state index contributed by atoms with van der Waals surface area (Å²) in [5.74, 6) is 0.762. The van der Waals surface area contributed by atoms with E-state index in [1.54, 1.807) is 35.2 Å². The predicted octanol–water partition coefficient (Wildman–Crippen LogP) is 4.41. The Kier molecular flexibility index (Phi) is 8.74. The predicted molar refractivity (Wildman–Crippen MR) is 167 cm³/mol. The van der Waals surface area contributed by atoms with Crippen LogP contribution >= 0.6 is 23.1 Å². The third kappa shape index (κ3) is 5.82. The number of aryl methyl sites for hydroxylation is 2. The van der Waals surface area contributed by atoms with E-state index in [1.807, 2.05) is 54.8 Å². The van der Waals surface area contributed by atoms with Crippen molar-refractivity contribution >= 4 is 61.1 Å². The monoisotopic (exact) mass is 621 g/mol. The molecular formula is C31H31N3O5S3. The van der Waals surface area contributed by atoms with E-state index in [-0.39, 0.29) is 10.5 Å². The fraction of sp³-hybridized carbons (Fsp3) is 0.226. The maximum Gasteiger partial charge on any atom is 0.377 e. The van der Waals surface area contributed by atoms with Crippen LogP contribution in [0.1, 0.15) is 32.2 Å². The second-order valence-corrected chi connectivity index (χ2v) is 12.9. The fourth-order valence-electron chi connectivity index (χ4n) is 4.78.